The van der Waals surface area contributed by atoms with E-state index in [0.29, 0.717) is 6.61 Å². The first kappa shape index (κ1) is 10.6. The Labute approximate surface area is 80.9 Å². The molecule has 0 aromatic rings. The SMILES string of the molecule is CCOC1(CC)OC=CCC1(C)C. The maximum Gasteiger partial charge on any atom is 0.214 e. The Bertz CT molecular complexity index is 196. The van der Waals surface area contributed by atoms with Gasteiger partial charge in [0.15, 0.2) is 0 Å². The molecular formula is C11H20O2. The molecule has 1 aliphatic heterocycles. The Hall–Kier alpha value is -0.500. The molecule has 2 heteroatoms. The van der Waals surface area contributed by atoms with Crippen LogP contribution >= 0.6 is 0 Å². The van der Waals surface area contributed by atoms with Crippen molar-refractivity contribution >= 4 is 0 Å². The van der Waals surface area contributed by atoms with Crippen LogP contribution in [0, 0.1) is 5.41 Å². The van der Waals surface area contributed by atoms with Crippen LogP contribution in [0.2, 0.25) is 0 Å². The third-order valence-electron chi connectivity index (χ3n) is 2.86. The standard InChI is InChI=1S/C11H20O2/c1-5-11(12-6-2)10(3,4)8-7-9-13-11/h7,9H,5-6,8H2,1-4H3. The van der Waals surface area contributed by atoms with Crippen LogP contribution in [0.15, 0.2) is 12.3 Å². The van der Waals surface area contributed by atoms with E-state index in [1.807, 2.05) is 6.92 Å². The van der Waals surface area contributed by atoms with Crippen molar-refractivity contribution < 1.29 is 9.47 Å². The van der Waals surface area contributed by atoms with Crippen LogP contribution in [0.1, 0.15) is 40.5 Å². The monoisotopic (exact) mass is 184 g/mol. The number of rotatable bonds is 3. The topological polar surface area (TPSA) is 18.5 Å². The van der Waals surface area contributed by atoms with E-state index in [1.165, 1.54) is 0 Å². The van der Waals surface area contributed by atoms with Gasteiger partial charge in [-0.2, -0.15) is 0 Å². The summed E-state index contributed by atoms with van der Waals surface area (Å²) in [5.41, 5.74) is 0.0620. The van der Waals surface area contributed by atoms with Gasteiger partial charge in [0, 0.05) is 18.4 Å². The van der Waals surface area contributed by atoms with Gasteiger partial charge in [-0.15, -0.1) is 0 Å². The summed E-state index contributed by atoms with van der Waals surface area (Å²) in [7, 11) is 0. The highest BCUT2D eigenvalue weighted by Gasteiger charge is 2.47. The number of allylic oxidation sites excluding steroid dienone is 1. The molecule has 1 unspecified atom stereocenters. The molecule has 0 aromatic carbocycles. The van der Waals surface area contributed by atoms with Crippen molar-refractivity contribution in [3.63, 3.8) is 0 Å². The van der Waals surface area contributed by atoms with E-state index in [4.69, 9.17) is 9.47 Å². The van der Waals surface area contributed by atoms with Crippen LogP contribution in [0.25, 0.3) is 0 Å². The Morgan fingerprint density at radius 2 is 2.08 bits per heavy atom. The van der Waals surface area contributed by atoms with Gasteiger partial charge < -0.3 is 9.47 Å². The molecule has 13 heavy (non-hydrogen) atoms. The summed E-state index contributed by atoms with van der Waals surface area (Å²) >= 11 is 0. The van der Waals surface area contributed by atoms with E-state index in [2.05, 4.69) is 26.8 Å². The van der Waals surface area contributed by atoms with Gasteiger partial charge in [0.1, 0.15) is 0 Å². The molecule has 0 radical (unpaired) electrons. The van der Waals surface area contributed by atoms with E-state index in [9.17, 15) is 0 Å². The molecule has 1 aliphatic rings. The van der Waals surface area contributed by atoms with Crippen molar-refractivity contribution in [1.82, 2.24) is 0 Å². The van der Waals surface area contributed by atoms with E-state index >= 15 is 0 Å². The molecule has 0 saturated carbocycles. The highest BCUT2D eigenvalue weighted by atomic mass is 16.7. The van der Waals surface area contributed by atoms with Gasteiger partial charge in [-0.05, 0) is 19.4 Å². The average molecular weight is 184 g/mol. The maximum absolute atomic E-state index is 5.76. The van der Waals surface area contributed by atoms with Gasteiger partial charge in [0.25, 0.3) is 0 Å². The first-order valence-electron chi connectivity index (χ1n) is 5.05. The number of hydrogen-bond donors (Lipinski definition) is 0. The molecule has 0 bridgehead atoms. The van der Waals surface area contributed by atoms with Crippen LogP contribution in [0.4, 0.5) is 0 Å². The average Bonchev–Trinajstić information content (AvgIpc) is 2.09. The van der Waals surface area contributed by atoms with Gasteiger partial charge in [-0.3, -0.25) is 0 Å². The summed E-state index contributed by atoms with van der Waals surface area (Å²) in [5, 5.41) is 0. The van der Waals surface area contributed by atoms with Crippen LogP contribution in [0.5, 0.6) is 0 Å². The summed E-state index contributed by atoms with van der Waals surface area (Å²) in [4.78, 5) is 0. The van der Waals surface area contributed by atoms with Crippen molar-refractivity contribution in [1.29, 1.82) is 0 Å². The van der Waals surface area contributed by atoms with Crippen molar-refractivity contribution in [2.75, 3.05) is 6.61 Å². The molecule has 0 amide bonds. The molecular weight excluding hydrogens is 164 g/mol. The Balaban J connectivity index is 2.87. The molecule has 0 fully saturated rings. The predicted molar refractivity (Wildman–Crippen MR) is 53.3 cm³/mol. The third kappa shape index (κ3) is 1.73. The quantitative estimate of drug-likeness (QED) is 0.671. The fraction of sp³-hybridized carbons (Fsp3) is 0.818. The van der Waals surface area contributed by atoms with Gasteiger partial charge in [0.2, 0.25) is 5.79 Å². The second-order valence-electron chi connectivity index (χ2n) is 4.12. The van der Waals surface area contributed by atoms with E-state index in [0.717, 1.165) is 12.8 Å². The molecule has 1 heterocycles. The van der Waals surface area contributed by atoms with Crippen molar-refractivity contribution in [3.05, 3.63) is 12.3 Å². The molecule has 2 nitrogen and oxygen atoms in total. The van der Waals surface area contributed by atoms with Crippen LogP contribution < -0.4 is 0 Å². The minimum atomic E-state index is -0.420. The highest BCUT2D eigenvalue weighted by molar-refractivity contribution is 4.98. The lowest BCUT2D eigenvalue weighted by molar-refractivity contribution is -0.273. The molecule has 0 spiro atoms. The second-order valence-corrected chi connectivity index (χ2v) is 4.12. The summed E-state index contributed by atoms with van der Waals surface area (Å²) in [6.07, 6.45) is 5.73. The fourth-order valence-electron chi connectivity index (χ4n) is 1.94. The molecule has 1 atom stereocenters. The smallest absolute Gasteiger partial charge is 0.214 e. The molecule has 0 saturated heterocycles. The van der Waals surface area contributed by atoms with Crippen LogP contribution in [0.3, 0.4) is 0 Å². The minimum absolute atomic E-state index is 0.0620. The first-order chi connectivity index (χ1) is 6.08. The zero-order valence-corrected chi connectivity index (χ0v) is 9.09. The Morgan fingerprint density at radius 3 is 2.54 bits per heavy atom. The molecule has 0 aliphatic carbocycles. The largest absolute Gasteiger partial charge is 0.470 e. The van der Waals surface area contributed by atoms with Crippen LogP contribution in [-0.2, 0) is 9.47 Å². The first-order valence-corrected chi connectivity index (χ1v) is 5.05. The third-order valence-corrected chi connectivity index (χ3v) is 2.86. The molecule has 0 N–H and O–H groups in total. The maximum atomic E-state index is 5.76. The summed E-state index contributed by atoms with van der Waals surface area (Å²) < 4.78 is 11.4. The lowest BCUT2D eigenvalue weighted by Gasteiger charge is -2.46. The zero-order valence-electron chi connectivity index (χ0n) is 9.09. The van der Waals surface area contributed by atoms with E-state index in [1.54, 1.807) is 6.26 Å². The van der Waals surface area contributed by atoms with Gasteiger partial charge in [0.05, 0.1) is 6.26 Å². The van der Waals surface area contributed by atoms with E-state index < -0.39 is 5.79 Å². The number of hydrogen-bond acceptors (Lipinski definition) is 2. The predicted octanol–water partition coefficient (Wildman–Crippen LogP) is 3.09. The summed E-state index contributed by atoms with van der Waals surface area (Å²) in [6.45, 7) is 9.20. The van der Waals surface area contributed by atoms with Crippen LogP contribution in [-0.4, -0.2) is 12.4 Å². The lowest BCUT2D eigenvalue weighted by Crippen LogP contribution is -2.49. The lowest BCUT2D eigenvalue weighted by atomic mass is 9.77. The van der Waals surface area contributed by atoms with Crippen molar-refractivity contribution in [2.24, 2.45) is 5.41 Å². The number of ether oxygens (including phenoxy) is 2. The summed E-state index contributed by atoms with van der Waals surface area (Å²) in [6, 6.07) is 0. The normalized spacial score (nSPS) is 31.4. The molecule has 0 aromatic heterocycles. The Kier molecular flexibility index (Phi) is 3.01. The minimum Gasteiger partial charge on any atom is -0.470 e. The van der Waals surface area contributed by atoms with Crippen molar-refractivity contribution in [3.8, 4) is 0 Å². The molecule has 1 rings (SSSR count). The van der Waals surface area contributed by atoms with E-state index in [-0.39, 0.29) is 5.41 Å². The highest BCUT2D eigenvalue weighted by Crippen LogP contribution is 2.43. The van der Waals surface area contributed by atoms with Gasteiger partial charge in [-0.25, -0.2) is 0 Å². The summed E-state index contributed by atoms with van der Waals surface area (Å²) in [5.74, 6) is -0.420. The molecule has 76 valence electrons. The van der Waals surface area contributed by atoms with Gasteiger partial charge in [-0.1, -0.05) is 20.8 Å². The fourth-order valence-corrected chi connectivity index (χ4v) is 1.94. The Morgan fingerprint density at radius 1 is 1.38 bits per heavy atom. The second kappa shape index (κ2) is 3.70. The van der Waals surface area contributed by atoms with Gasteiger partial charge >= 0.3 is 0 Å². The van der Waals surface area contributed by atoms with Crippen molar-refractivity contribution in [2.45, 2.75) is 46.3 Å². The zero-order chi connectivity index (χ0) is 9.95.